The Morgan fingerprint density at radius 2 is 1.79 bits per heavy atom. The van der Waals surface area contributed by atoms with Gasteiger partial charge in [-0.05, 0) is 63.1 Å². The van der Waals surface area contributed by atoms with Crippen molar-refractivity contribution in [3.8, 4) is 5.75 Å². The Hall–Kier alpha value is -2.25. The van der Waals surface area contributed by atoms with Gasteiger partial charge < -0.3 is 10.1 Å². The summed E-state index contributed by atoms with van der Waals surface area (Å²) in [4.78, 5) is 12.9. The van der Waals surface area contributed by atoms with E-state index in [4.69, 9.17) is 16.3 Å². The lowest BCUT2D eigenvalue weighted by atomic mass is 10.1. The van der Waals surface area contributed by atoms with Crippen LogP contribution in [0, 0.1) is 6.92 Å². The average Bonchev–Trinajstić information content (AvgIpc) is 2.64. The number of aryl methyl sites for hydroxylation is 1. The third kappa shape index (κ3) is 5.87. The van der Waals surface area contributed by atoms with Crippen LogP contribution in [0.1, 0.15) is 37.9 Å². The van der Waals surface area contributed by atoms with Crippen LogP contribution in [0.3, 0.4) is 0 Å². The van der Waals surface area contributed by atoms with Crippen molar-refractivity contribution in [2.24, 2.45) is 0 Å². The van der Waals surface area contributed by atoms with Crippen LogP contribution in [-0.4, -0.2) is 33.2 Å². The maximum atomic E-state index is 12.9. The SMILES string of the molecule is CCOc1ccc([C@@H](C)NC(=O)[C@@H](C)N(c2cc(Cl)ccc2C)S(C)(=O)=O)cc1. The predicted octanol–water partition coefficient (Wildman–Crippen LogP) is 4.08. The maximum absolute atomic E-state index is 12.9. The molecule has 2 rings (SSSR count). The van der Waals surface area contributed by atoms with Gasteiger partial charge in [-0.3, -0.25) is 9.10 Å². The van der Waals surface area contributed by atoms with Crippen LogP contribution in [0.5, 0.6) is 5.75 Å². The van der Waals surface area contributed by atoms with Crippen LogP contribution in [0.25, 0.3) is 0 Å². The number of hydrogen-bond acceptors (Lipinski definition) is 4. The van der Waals surface area contributed by atoms with E-state index in [1.165, 1.54) is 0 Å². The molecule has 0 saturated heterocycles. The van der Waals surface area contributed by atoms with E-state index < -0.39 is 22.0 Å². The number of sulfonamides is 1. The molecule has 1 amide bonds. The molecule has 0 saturated carbocycles. The number of carbonyl (C=O) groups excluding carboxylic acids is 1. The van der Waals surface area contributed by atoms with E-state index in [9.17, 15) is 13.2 Å². The first-order valence-corrected chi connectivity index (χ1v) is 11.6. The molecule has 0 aliphatic carbocycles. The largest absolute Gasteiger partial charge is 0.494 e. The maximum Gasteiger partial charge on any atom is 0.244 e. The fraction of sp³-hybridized carbons (Fsp3) is 0.381. The van der Waals surface area contributed by atoms with E-state index in [1.54, 1.807) is 32.0 Å². The Bertz CT molecular complexity index is 961. The van der Waals surface area contributed by atoms with Crippen molar-refractivity contribution in [1.82, 2.24) is 5.32 Å². The van der Waals surface area contributed by atoms with Crippen LogP contribution >= 0.6 is 11.6 Å². The average molecular weight is 439 g/mol. The Kier molecular flexibility index (Phi) is 7.54. The van der Waals surface area contributed by atoms with Gasteiger partial charge in [0.15, 0.2) is 0 Å². The number of nitrogens with zero attached hydrogens (tertiary/aromatic N) is 1. The Labute approximate surface area is 177 Å². The second kappa shape index (κ2) is 9.50. The second-order valence-corrected chi connectivity index (χ2v) is 9.19. The van der Waals surface area contributed by atoms with Gasteiger partial charge in [0, 0.05) is 5.02 Å². The molecule has 0 aliphatic rings. The fourth-order valence-electron chi connectivity index (χ4n) is 3.04. The van der Waals surface area contributed by atoms with Crippen LogP contribution < -0.4 is 14.4 Å². The third-order valence-electron chi connectivity index (χ3n) is 4.55. The van der Waals surface area contributed by atoms with Gasteiger partial charge in [0.05, 0.1) is 24.6 Å². The number of rotatable bonds is 8. The van der Waals surface area contributed by atoms with E-state index in [2.05, 4.69) is 5.32 Å². The zero-order valence-corrected chi connectivity index (χ0v) is 18.8. The molecule has 2 aromatic carbocycles. The standard InChI is InChI=1S/C21H27ClN2O4S/c1-6-28-19-11-8-17(9-12-19)15(3)23-21(25)16(4)24(29(5,26)27)20-13-18(22)10-7-14(20)2/h7-13,15-16H,6H2,1-5H3,(H,23,25)/t15-,16-/m1/s1. The molecule has 1 N–H and O–H groups in total. The highest BCUT2D eigenvalue weighted by Gasteiger charge is 2.31. The van der Waals surface area contributed by atoms with Crippen LogP contribution in [-0.2, 0) is 14.8 Å². The number of nitrogens with one attached hydrogen (secondary N) is 1. The molecule has 0 radical (unpaired) electrons. The molecule has 8 heteroatoms. The molecule has 6 nitrogen and oxygen atoms in total. The molecule has 0 aromatic heterocycles. The summed E-state index contributed by atoms with van der Waals surface area (Å²) in [6.45, 7) is 7.66. The molecule has 29 heavy (non-hydrogen) atoms. The van der Waals surface area contributed by atoms with Crippen molar-refractivity contribution in [1.29, 1.82) is 0 Å². The van der Waals surface area contributed by atoms with Crippen molar-refractivity contribution in [3.05, 3.63) is 58.6 Å². The molecule has 0 fully saturated rings. The van der Waals surface area contributed by atoms with E-state index in [1.807, 2.05) is 38.1 Å². The number of anilines is 1. The van der Waals surface area contributed by atoms with E-state index in [0.717, 1.165) is 21.9 Å². The number of benzene rings is 2. The van der Waals surface area contributed by atoms with Gasteiger partial charge in [-0.2, -0.15) is 0 Å². The molecule has 0 spiro atoms. The van der Waals surface area contributed by atoms with Crippen LogP contribution in [0.2, 0.25) is 5.02 Å². The first-order valence-electron chi connectivity index (χ1n) is 9.33. The Morgan fingerprint density at radius 3 is 2.34 bits per heavy atom. The molecule has 2 atom stereocenters. The summed E-state index contributed by atoms with van der Waals surface area (Å²) < 4.78 is 31.5. The highest BCUT2D eigenvalue weighted by Crippen LogP contribution is 2.28. The summed E-state index contributed by atoms with van der Waals surface area (Å²) in [6, 6.07) is 11.1. The number of carbonyl (C=O) groups is 1. The number of ether oxygens (including phenoxy) is 1. The van der Waals surface area contributed by atoms with E-state index >= 15 is 0 Å². The summed E-state index contributed by atoms with van der Waals surface area (Å²) in [5, 5.41) is 3.28. The molecule has 0 heterocycles. The summed E-state index contributed by atoms with van der Waals surface area (Å²) in [6.07, 6.45) is 1.08. The lowest BCUT2D eigenvalue weighted by Crippen LogP contribution is -2.48. The molecule has 158 valence electrons. The molecule has 0 bridgehead atoms. The minimum atomic E-state index is -3.72. The molecule has 2 aromatic rings. The highest BCUT2D eigenvalue weighted by atomic mass is 35.5. The third-order valence-corrected chi connectivity index (χ3v) is 6.01. The highest BCUT2D eigenvalue weighted by molar-refractivity contribution is 7.92. The molecule has 0 aliphatic heterocycles. The quantitative estimate of drug-likeness (QED) is 0.673. The van der Waals surface area contributed by atoms with Gasteiger partial charge in [0.25, 0.3) is 0 Å². The van der Waals surface area contributed by atoms with Crippen molar-refractivity contribution < 1.29 is 17.9 Å². The summed E-state index contributed by atoms with van der Waals surface area (Å²) in [5.74, 6) is 0.346. The Balaban J connectivity index is 2.24. The van der Waals surface area contributed by atoms with Crippen molar-refractivity contribution in [3.63, 3.8) is 0 Å². The zero-order chi connectivity index (χ0) is 21.8. The van der Waals surface area contributed by atoms with Gasteiger partial charge in [0.1, 0.15) is 11.8 Å². The first-order chi connectivity index (χ1) is 13.5. The van der Waals surface area contributed by atoms with Gasteiger partial charge >= 0.3 is 0 Å². The first kappa shape index (κ1) is 23.0. The molecule has 0 unspecified atom stereocenters. The fourth-order valence-corrected chi connectivity index (χ4v) is 4.43. The normalized spacial score (nSPS) is 13.4. The predicted molar refractivity (Wildman–Crippen MR) is 117 cm³/mol. The van der Waals surface area contributed by atoms with Crippen LogP contribution in [0.4, 0.5) is 5.69 Å². The van der Waals surface area contributed by atoms with E-state index in [-0.39, 0.29) is 6.04 Å². The van der Waals surface area contributed by atoms with Gasteiger partial charge in [-0.25, -0.2) is 8.42 Å². The van der Waals surface area contributed by atoms with Crippen LogP contribution in [0.15, 0.2) is 42.5 Å². The lowest BCUT2D eigenvalue weighted by molar-refractivity contribution is -0.122. The number of amides is 1. The van der Waals surface area contributed by atoms with Crippen molar-refractivity contribution >= 4 is 33.2 Å². The molecular formula is C21H27ClN2O4S. The smallest absolute Gasteiger partial charge is 0.244 e. The van der Waals surface area contributed by atoms with E-state index in [0.29, 0.717) is 22.9 Å². The van der Waals surface area contributed by atoms with Gasteiger partial charge in [0.2, 0.25) is 15.9 Å². The van der Waals surface area contributed by atoms with Crippen molar-refractivity contribution in [2.75, 3.05) is 17.2 Å². The monoisotopic (exact) mass is 438 g/mol. The summed E-state index contributed by atoms with van der Waals surface area (Å²) >= 11 is 6.06. The molecular weight excluding hydrogens is 412 g/mol. The Morgan fingerprint density at radius 1 is 1.17 bits per heavy atom. The van der Waals surface area contributed by atoms with Crippen molar-refractivity contribution in [2.45, 2.75) is 39.8 Å². The number of halogens is 1. The summed E-state index contributed by atoms with van der Waals surface area (Å²) in [5.41, 5.74) is 1.98. The summed E-state index contributed by atoms with van der Waals surface area (Å²) in [7, 11) is -3.72. The minimum absolute atomic E-state index is 0.303. The van der Waals surface area contributed by atoms with Gasteiger partial charge in [-0.1, -0.05) is 29.8 Å². The second-order valence-electron chi connectivity index (χ2n) is 6.90. The lowest BCUT2D eigenvalue weighted by Gasteiger charge is -2.30. The minimum Gasteiger partial charge on any atom is -0.494 e. The number of hydrogen-bond donors (Lipinski definition) is 1. The topological polar surface area (TPSA) is 75.7 Å². The zero-order valence-electron chi connectivity index (χ0n) is 17.3. The van der Waals surface area contributed by atoms with Gasteiger partial charge in [-0.15, -0.1) is 0 Å².